The van der Waals surface area contributed by atoms with Gasteiger partial charge in [-0.15, -0.1) is 0 Å². The zero-order chi connectivity index (χ0) is 18.8. The first-order valence-electron chi connectivity index (χ1n) is 7.52. The highest BCUT2D eigenvalue weighted by atomic mass is 32.2. The van der Waals surface area contributed by atoms with Crippen LogP contribution < -0.4 is 15.1 Å². The number of hydrogen-bond donors (Lipinski definition) is 4. The van der Waals surface area contributed by atoms with Gasteiger partial charge >= 0.3 is 0 Å². The molecule has 2 aromatic rings. The smallest absolute Gasteiger partial charge is 0.264 e. The lowest BCUT2D eigenvalue weighted by atomic mass is 10.1. The highest BCUT2D eigenvalue weighted by Gasteiger charge is 2.29. The lowest BCUT2D eigenvalue weighted by Gasteiger charge is -2.20. The Morgan fingerprint density at radius 1 is 1.20 bits per heavy atom. The number of amides is 1. The Bertz CT molecular complexity index is 880. The minimum Gasteiger partial charge on any atom is -0.391 e. The first-order valence-corrected chi connectivity index (χ1v) is 9.00. The topological polar surface area (TPSA) is 119 Å². The molecule has 9 heteroatoms. The Kier molecular flexibility index (Phi) is 5.63. The van der Waals surface area contributed by atoms with Gasteiger partial charge in [-0.3, -0.25) is 10.0 Å². The minimum absolute atomic E-state index is 0.0503. The van der Waals surface area contributed by atoms with Crippen molar-refractivity contribution in [2.75, 3.05) is 19.0 Å². The second kappa shape index (κ2) is 7.36. The van der Waals surface area contributed by atoms with Gasteiger partial charge in [-0.05, 0) is 30.5 Å². The van der Waals surface area contributed by atoms with Gasteiger partial charge < -0.3 is 10.0 Å². The van der Waals surface area contributed by atoms with E-state index in [1.165, 1.54) is 24.5 Å². The average Bonchev–Trinajstić information content (AvgIpc) is 2.57. The molecule has 0 saturated carbocycles. The largest absolute Gasteiger partial charge is 0.391 e. The SMILES string of the molecule is CC(O)C(NS(=O)(=O)c1ccc2cccc(N(C)C)c2c1)C(=O)NO. The van der Waals surface area contributed by atoms with Crippen LogP contribution in [0.4, 0.5) is 5.69 Å². The van der Waals surface area contributed by atoms with Gasteiger partial charge in [0.1, 0.15) is 6.04 Å². The molecule has 0 fully saturated rings. The van der Waals surface area contributed by atoms with Crippen LogP contribution >= 0.6 is 0 Å². The van der Waals surface area contributed by atoms with E-state index in [-0.39, 0.29) is 4.90 Å². The maximum atomic E-state index is 12.6. The van der Waals surface area contributed by atoms with E-state index in [4.69, 9.17) is 5.21 Å². The number of sulfonamides is 1. The van der Waals surface area contributed by atoms with Gasteiger partial charge in [-0.2, -0.15) is 4.72 Å². The average molecular weight is 367 g/mol. The number of anilines is 1. The quantitative estimate of drug-likeness (QED) is 0.434. The molecule has 0 spiro atoms. The van der Waals surface area contributed by atoms with E-state index >= 15 is 0 Å². The summed E-state index contributed by atoms with van der Waals surface area (Å²) in [7, 11) is -0.393. The van der Waals surface area contributed by atoms with Gasteiger partial charge in [0.2, 0.25) is 10.0 Å². The van der Waals surface area contributed by atoms with Crippen molar-refractivity contribution in [1.29, 1.82) is 0 Å². The van der Waals surface area contributed by atoms with Crippen LogP contribution in [0.5, 0.6) is 0 Å². The third kappa shape index (κ3) is 4.07. The predicted molar refractivity (Wildman–Crippen MR) is 94.0 cm³/mol. The van der Waals surface area contributed by atoms with E-state index in [2.05, 4.69) is 4.72 Å². The molecule has 0 aliphatic heterocycles. The van der Waals surface area contributed by atoms with Crippen LogP contribution in [0.15, 0.2) is 41.3 Å². The molecule has 4 N–H and O–H groups in total. The summed E-state index contributed by atoms with van der Waals surface area (Å²) in [5.74, 6) is -1.05. The monoisotopic (exact) mass is 367 g/mol. The lowest BCUT2D eigenvalue weighted by molar-refractivity contribution is -0.133. The van der Waals surface area contributed by atoms with E-state index < -0.39 is 28.1 Å². The molecule has 0 aliphatic rings. The molecule has 0 saturated heterocycles. The van der Waals surface area contributed by atoms with Crippen molar-refractivity contribution in [2.45, 2.75) is 24.0 Å². The van der Waals surface area contributed by atoms with Gasteiger partial charge in [0, 0.05) is 25.2 Å². The first-order chi connectivity index (χ1) is 11.7. The van der Waals surface area contributed by atoms with Crippen molar-refractivity contribution in [3.05, 3.63) is 36.4 Å². The number of hydroxylamine groups is 1. The second-order valence-electron chi connectivity index (χ2n) is 5.87. The van der Waals surface area contributed by atoms with Crippen molar-refractivity contribution in [3.8, 4) is 0 Å². The molecule has 0 radical (unpaired) electrons. The molecular weight excluding hydrogens is 346 g/mol. The Morgan fingerprint density at radius 2 is 1.88 bits per heavy atom. The van der Waals surface area contributed by atoms with Gasteiger partial charge in [0.15, 0.2) is 0 Å². The summed E-state index contributed by atoms with van der Waals surface area (Å²) in [6.07, 6.45) is -1.33. The number of nitrogens with one attached hydrogen (secondary N) is 2. The van der Waals surface area contributed by atoms with E-state index in [0.29, 0.717) is 0 Å². The minimum atomic E-state index is -4.09. The number of carbonyl (C=O) groups excluding carboxylic acids is 1. The molecule has 2 unspecified atom stereocenters. The highest BCUT2D eigenvalue weighted by molar-refractivity contribution is 7.89. The summed E-state index contributed by atoms with van der Waals surface area (Å²) >= 11 is 0. The van der Waals surface area contributed by atoms with Crippen molar-refractivity contribution in [1.82, 2.24) is 10.2 Å². The number of aliphatic hydroxyl groups excluding tert-OH is 1. The third-order valence-electron chi connectivity index (χ3n) is 3.78. The van der Waals surface area contributed by atoms with Crippen LogP contribution in [-0.2, 0) is 14.8 Å². The van der Waals surface area contributed by atoms with Crippen molar-refractivity contribution < 1.29 is 23.5 Å². The fourth-order valence-electron chi connectivity index (χ4n) is 2.47. The summed E-state index contributed by atoms with van der Waals surface area (Å²) in [6.45, 7) is 1.24. The molecule has 2 rings (SSSR count). The highest BCUT2D eigenvalue weighted by Crippen LogP contribution is 2.28. The van der Waals surface area contributed by atoms with Gasteiger partial charge in [0.25, 0.3) is 5.91 Å². The normalized spacial score (nSPS) is 14.1. The van der Waals surface area contributed by atoms with Crippen LogP contribution in [0, 0.1) is 0 Å². The Balaban J connectivity index is 2.49. The molecule has 2 aromatic carbocycles. The molecule has 136 valence electrons. The molecule has 25 heavy (non-hydrogen) atoms. The van der Waals surface area contributed by atoms with Gasteiger partial charge in [0.05, 0.1) is 11.0 Å². The van der Waals surface area contributed by atoms with Crippen LogP contribution in [0.2, 0.25) is 0 Å². The van der Waals surface area contributed by atoms with Gasteiger partial charge in [-0.25, -0.2) is 13.9 Å². The number of aliphatic hydroxyl groups is 1. The summed E-state index contributed by atoms with van der Waals surface area (Å²) in [5.41, 5.74) is 2.18. The lowest BCUT2D eigenvalue weighted by Crippen LogP contribution is -2.51. The van der Waals surface area contributed by atoms with Crippen molar-refractivity contribution >= 4 is 32.4 Å². The summed E-state index contributed by atoms with van der Waals surface area (Å²) in [6, 6.07) is 8.67. The summed E-state index contributed by atoms with van der Waals surface area (Å²) in [5, 5.41) is 19.9. The molecule has 0 heterocycles. The van der Waals surface area contributed by atoms with Crippen molar-refractivity contribution in [3.63, 3.8) is 0 Å². The molecule has 1 amide bonds. The number of carbonyl (C=O) groups is 1. The molecule has 0 aromatic heterocycles. The van der Waals surface area contributed by atoms with E-state index in [0.717, 1.165) is 16.5 Å². The third-order valence-corrected chi connectivity index (χ3v) is 5.22. The number of fused-ring (bicyclic) bond motifs is 1. The molecule has 0 aliphatic carbocycles. The number of hydrogen-bond acceptors (Lipinski definition) is 6. The van der Waals surface area contributed by atoms with Crippen molar-refractivity contribution in [2.24, 2.45) is 0 Å². The first kappa shape index (κ1) is 19.1. The Hall–Kier alpha value is -2.20. The standard InChI is InChI=1S/C16H21N3O5S/c1-10(20)15(16(21)17-22)18-25(23,24)12-8-7-11-5-4-6-14(19(2)3)13(11)9-12/h4-10,15,18,20,22H,1-3H3,(H,17,21). The summed E-state index contributed by atoms with van der Waals surface area (Å²) in [4.78, 5) is 13.4. The molecule has 8 nitrogen and oxygen atoms in total. The fourth-order valence-corrected chi connectivity index (χ4v) is 3.76. The zero-order valence-electron chi connectivity index (χ0n) is 14.1. The van der Waals surface area contributed by atoms with E-state index in [9.17, 15) is 18.3 Å². The number of benzene rings is 2. The number of nitrogens with zero attached hydrogens (tertiary/aromatic N) is 1. The maximum Gasteiger partial charge on any atom is 0.264 e. The van der Waals surface area contributed by atoms with E-state index in [1.54, 1.807) is 6.07 Å². The molecular formula is C16H21N3O5S. The van der Waals surface area contributed by atoms with Crippen LogP contribution in [-0.4, -0.2) is 50.9 Å². The van der Waals surface area contributed by atoms with Gasteiger partial charge in [-0.1, -0.05) is 18.2 Å². The Labute approximate surface area is 146 Å². The zero-order valence-corrected chi connectivity index (χ0v) is 14.9. The predicted octanol–water partition coefficient (Wildman–Crippen LogP) is 0.439. The van der Waals surface area contributed by atoms with Crippen LogP contribution in [0.3, 0.4) is 0 Å². The molecule has 0 bridgehead atoms. The summed E-state index contributed by atoms with van der Waals surface area (Å²) < 4.78 is 27.3. The number of rotatable bonds is 6. The maximum absolute atomic E-state index is 12.6. The second-order valence-corrected chi connectivity index (χ2v) is 7.58. The molecule has 2 atom stereocenters. The van der Waals surface area contributed by atoms with Crippen LogP contribution in [0.1, 0.15) is 6.92 Å². The van der Waals surface area contributed by atoms with E-state index in [1.807, 2.05) is 37.2 Å². The fraction of sp³-hybridized carbons (Fsp3) is 0.312. The Morgan fingerprint density at radius 3 is 2.44 bits per heavy atom. The van der Waals surface area contributed by atoms with Crippen LogP contribution in [0.25, 0.3) is 10.8 Å².